The highest BCUT2D eigenvalue weighted by Crippen LogP contribution is 2.23. The van der Waals surface area contributed by atoms with Gasteiger partial charge in [0.15, 0.2) is 0 Å². The lowest BCUT2D eigenvalue weighted by atomic mass is 10.1. The van der Waals surface area contributed by atoms with E-state index in [1.165, 1.54) is 17.3 Å². The molecule has 0 saturated carbocycles. The first kappa shape index (κ1) is 20.1. The summed E-state index contributed by atoms with van der Waals surface area (Å²) in [6.45, 7) is 8.10. The highest BCUT2D eigenvalue weighted by atomic mass is 16.5. The zero-order valence-electron chi connectivity index (χ0n) is 16.8. The van der Waals surface area contributed by atoms with Gasteiger partial charge in [-0.15, -0.1) is 0 Å². The highest BCUT2D eigenvalue weighted by molar-refractivity contribution is 5.49. The quantitative estimate of drug-likeness (QED) is 0.657. The van der Waals surface area contributed by atoms with Gasteiger partial charge in [0, 0.05) is 19.3 Å². The summed E-state index contributed by atoms with van der Waals surface area (Å²) in [6, 6.07) is 16.2. The van der Waals surface area contributed by atoms with E-state index in [-0.39, 0.29) is 11.9 Å². The molecule has 0 saturated heterocycles. The van der Waals surface area contributed by atoms with Crippen LogP contribution in [-0.2, 0) is 6.54 Å². The fraction of sp³-hybridized carbons (Fsp3) is 0.174. The van der Waals surface area contributed by atoms with E-state index in [9.17, 15) is 5.11 Å². The van der Waals surface area contributed by atoms with Crippen LogP contribution in [0.5, 0.6) is 17.6 Å². The molecule has 6 heteroatoms. The number of aromatic nitrogens is 2. The predicted molar refractivity (Wildman–Crippen MR) is 117 cm³/mol. The van der Waals surface area contributed by atoms with E-state index in [4.69, 9.17) is 4.74 Å². The Morgan fingerprint density at radius 3 is 2.41 bits per heavy atom. The van der Waals surface area contributed by atoms with E-state index in [1.54, 1.807) is 13.0 Å². The number of aromatic hydroxyl groups is 1. The number of anilines is 1. The number of benzene rings is 2. The molecule has 0 radical (unpaired) electrons. The first-order valence-electron chi connectivity index (χ1n) is 9.24. The number of rotatable bonds is 6. The predicted octanol–water partition coefficient (Wildman–Crippen LogP) is 3.16. The summed E-state index contributed by atoms with van der Waals surface area (Å²) >= 11 is 0. The van der Waals surface area contributed by atoms with Gasteiger partial charge in [0.25, 0.3) is 0 Å². The maximum Gasteiger partial charge on any atom is 0.325 e. The molecule has 29 heavy (non-hydrogen) atoms. The van der Waals surface area contributed by atoms with Gasteiger partial charge in [-0.2, -0.15) is 9.97 Å². The zero-order valence-corrected chi connectivity index (χ0v) is 16.8. The van der Waals surface area contributed by atoms with Crippen molar-refractivity contribution in [2.75, 3.05) is 11.9 Å². The topological polar surface area (TPSA) is 70.8 Å². The number of aryl methyl sites for hydroxylation is 1. The fourth-order valence-electron chi connectivity index (χ4n) is 2.89. The first-order chi connectivity index (χ1) is 14.0. The van der Waals surface area contributed by atoms with Crippen LogP contribution in [0.2, 0.25) is 0 Å². The van der Waals surface area contributed by atoms with E-state index in [0.29, 0.717) is 16.3 Å². The van der Waals surface area contributed by atoms with Crippen LogP contribution >= 0.6 is 0 Å². The van der Waals surface area contributed by atoms with Gasteiger partial charge in [-0.25, -0.2) is 0 Å². The van der Waals surface area contributed by atoms with Gasteiger partial charge in [-0.1, -0.05) is 35.9 Å². The molecule has 6 nitrogen and oxygen atoms in total. The fourth-order valence-corrected chi connectivity index (χ4v) is 2.89. The van der Waals surface area contributed by atoms with Crippen LogP contribution in [0.1, 0.15) is 18.1 Å². The smallest absolute Gasteiger partial charge is 0.325 e. The standard InChI is InChI=1S/C23H24N4O2/c1-5-20-21(14-24-3)25-23(26-22(20)28)29-19-12-10-18(11-13-19)27(4)15-17-8-6-16(2)7-9-17/h5-14H,3,15H2,1-2,4H3,(H,25,26,28)/b20-5+,21-14+. The SMILES string of the molecule is C=N/C=c1/nc(Oc2ccc(N(C)Cc3ccc(C)cc3)cc2)nc(O)/c1=C/C. The molecule has 1 aromatic heterocycles. The van der Waals surface area contributed by atoms with Crippen molar-refractivity contribution in [3.8, 4) is 17.6 Å². The lowest BCUT2D eigenvalue weighted by Crippen LogP contribution is -2.29. The maximum absolute atomic E-state index is 10.1. The van der Waals surface area contributed by atoms with Crippen LogP contribution in [0.15, 0.2) is 53.5 Å². The summed E-state index contributed by atoms with van der Waals surface area (Å²) in [6.07, 6.45) is 3.15. The highest BCUT2D eigenvalue weighted by Gasteiger charge is 2.07. The Hall–Kier alpha value is -3.67. The summed E-state index contributed by atoms with van der Waals surface area (Å²) in [4.78, 5) is 14.2. The number of aliphatic imine (C=N–C) groups is 1. The van der Waals surface area contributed by atoms with Gasteiger partial charge < -0.3 is 14.7 Å². The molecule has 0 bridgehead atoms. The van der Waals surface area contributed by atoms with Gasteiger partial charge >= 0.3 is 6.01 Å². The zero-order chi connectivity index (χ0) is 20.8. The van der Waals surface area contributed by atoms with Crippen molar-refractivity contribution >= 4 is 24.7 Å². The van der Waals surface area contributed by atoms with Crippen LogP contribution in [0.25, 0.3) is 12.3 Å². The van der Waals surface area contributed by atoms with E-state index in [2.05, 4.69) is 57.8 Å². The second-order valence-corrected chi connectivity index (χ2v) is 6.67. The van der Waals surface area contributed by atoms with Crippen LogP contribution < -0.4 is 20.2 Å². The lowest BCUT2D eigenvalue weighted by Gasteiger charge is -2.19. The third kappa shape index (κ3) is 4.99. The van der Waals surface area contributed by atoms with Crippen molar-refractivity contribution in [3.05, 3.63) is 70.2 Å². The van der Waals surface area contributed by atoms with Crippen LogP contribution in [0, 0.1) is 6.92 Å². The van der Waals surface area contributed by atoms with Gasteiger partial charge in [-0.3, -0.25) is 4.99 Å². The molecule has 0 spiro atoms. The molecular formula is C23H24N4O2. The Morgan fingerprint density at radius 2 is 1.79 bits per heavy atom. The van der Waals surface area contributed by atoms with E-state index < -0.39 is 0 Å². The normalized spacial score (nSPS) is 12.1. The van der Waals surface area contributed by atoms with E-state index in [1.807, 2.05) is 31.3 Å². The molecule has 0 fully saturated rings. The molecule has 3 aromatic rings. The van der Waals surface area contributed by atoms with Crippen LogP contribution in [0.3, 0.4) is 0 Å². The van der Waals surface area contributed by atoms with Crippen LogP contribution in [0.4, 0.5) is 5.69 Å². The summed E-state index contributed by atoms with van der Waals surface area (Å²) in [7, 11) is 2.04. The Kier molecular flexibility index (Phi) is 6.24. The third-order valence-electron chi connectivity index (χ3n) is 4.46. The van der Waals surface area contributed by atoms with Crippen LogP contribution in [-0.4, -0.2) is 28.8 Å². The summed E-state index contributed by atoms with van der Waals surface area (Å²) in [5, 5.41) is 11.0. The van der Waals surface area contributed by atoms with Gasteiger partial charge in [0.05, 0.1) is 16.8 Å². The molecule has 0 amide bonds. The number of hydrogen-bond donors (Lipinski definition) is 1. The molecule has 0 atom stereocenters. The first-order valence-corrected chi connectivity index (χ1v) is 9.24. The average molecular weight is 388 g/mol. The van der Waals surface area contributed by atoms with Gasteiger partial charge in [-0.05, 0) is 50.4 Å². The Labute approximate surface area is 170 Å². The maximum atomic E-state index is 10.1. The molecule has 148 valence electrons. The van der Waals surface area contributed by atoms with Crippen molar-refractivity contribution in [1.82, 2.24) is 9.97 Å². The molecule has 0 unspecified atom stereocenters. The molecule has 1 heterocycles. The van der Waals surface area contributed by atoms with Gasteiger partial charge in [0.2, 0.25) is 5.88 Å². The minimum atomic E-state index is -0.165. The lowest BCUT2D eigenvalue weighted by molar-refractivity contribution is 0.400. The number of nitrogens with zero attached hydrogens (tertiary/aromatic N) is 4. The Balaban J connectivity index is 1.76. The molecular weight excluding hydrogens is 364 g/mol. The minimum absolute atomic E-state index is 0.0451. The number of hydrogen-bond acceptors (Lipinski definition) is 6. The molecule has 0 aliphatic rings. The Bertz CT molecular complexity index is 1110. The molecule has 0 aliphatic carbocycles. The summed E-state index contributed by atoms with van der Waals surface area (Å²) < 4.78 is 5.72. The number of ether oxygens (including phenoxy) is 1. The minimum Gasteiger partial charge on any atom is -0.493 e. The monoisotopic (exact) mass is 388 g/mol. The van der Waals surface area contributed by atoms with Crippen molar-refractivity contribution in [2.45, 2.75) is 20.4 Å². The molecule has 0 aliphatic heterocycles. The van der Waals surface area contributed by atoms with E-state index >= 15 is 0 Å². The van der Waals surface area contributed by atoms with Gasteiger partial charge in [0.1, 0.15) is 5.75 Å². The molecule has 2 aromatic carbocycles. The van der Waals surface area contributed by atoms with Crippen molar-refractivity contribution < 1.29 is 9.84 Å². The largest absolute Gasteiger partial charge is 0.493 e. The summed E-state index contributed by atoms with van der Waals surface area (Å²) in [5.74, 6) is 0.407. The van der Waals surface area contributed by atoms with E-state index in [0.717, 1.165) is 12.2 Å². The third-order valence-corrected chi connectivity index (χ3v) is 4.46. The van der Waals surface area contributed by atoms with Crippen molar-refractivity contribution in [3.63, 3.8) is 0 Å². The molecule has 1 N–H and O–H groups in total. The average Bonchev–Trinajstić information content (AvgIpc) is 2.70. The summed E-state index contributed by atoms with van der Waals surface area (Å²) in [5.41, 5.74) is 3.55. The van der Waals surface area contributed by atoms with Crippen molar-refractivity contribution in [2.24, 2.45) is 4.99 Å². The Morgan fingerprint density at radius 1 is 1.10 bits per heavy atom. The second kappa shape index (κ2) is 9.01. The molecule has 3 rings (SSSR count). The van der Waals surface area contributed by atoms with Crippen molar-refractivity contribution in [1.29, 1.82) is 0 Å². The second-order valence-electron chi connectivity index (χ2n) is 6.67.